The van der Waals surface area contributed by atoms with E-state index in [-0.39, 0.29) is 30.6 Å². The highest BCUT2D eigenvalue weighted by Gasteiger charge is 2.30. The van der Waals surface area contributed by atoms with E-state index in [1.165, 1.54) is 11.3 Å². The molecule has 1 aromatic rings. The molecule has 8 heteroatoms. The number of hydrogen-bond donors (Lipinski definition) is 3. The van der Waals surface area contributed by atoms with E-state index in [4.69, 9.17) is 0 Å². The van der Waals surface area contributed by atoms with Gasteiger partial charge in [-0.25, -0.2) is 9.59 Å². The van der Waals surface area contributed by atoms with Crippen molar-refractivity contribution < 1.29 is 14.4 Å². The number of rotatable bonds is 7. The number of amides is 5. The molecule has 1 atom stereocenters. The number of imide groups is 1. The fourth-order valence-electron chi connectivity index (χ4n) is 3.23. The number of carbonyl (C=O) groups is 3. The van der Waals surface area contributed by atoms with Crippen LogP contribution < -0.4 is 16.0 Å². The van der Waals surface area contributed by atoms with E-state index in [1.807, 2.05) is 24.3 Å². The molecule has 1 heterocycles. The van der Waals surface area contributed by atoms with Crippen LogP contribution in [0.25, 0.3) is 0 Å². The second kappa shape index (κ2) is 8.53. The zero-order chi connectivity index (χ0) is 18.5. The highest BCUT2D eigenvalue weighted by Crippen LogP contribution is 2.37. The average molecular weight is 423 g/mol. The number of urea groups is 2. The lowest BCUT2D eigenvalue weighted by atomic mass is 9.77. The average Bonchev–Trinajstić information content (AvgIpc) is 2.89. The summed E-state index contributed by atoms with van der Waals surface area (Å²) in [5.41, 5.74) is 1.10. The van der Waals surface area contributed by atoms with Gasteiger partial charge in [0, 0.05) is 17.6 Å². The van der Waals surface area contributed by atoms with Crippen molar-refractivity contribution in [3.8, 4) is 0 Å². The Morgan fingerprint density at radius 2 is 2.00 bits per heavy atom. The Morgan fingerprint density at radius 3 is 2.58 bits per heavy atom. The molecule has 1 saturated carbocycles. The van der Waals surface area contributed by atoms with E-state index in [1.54, 1.807) is 0 Å². The highest BCUT2D eigenvalue weighted by molar-refractivity contribution is 9.10. The Balaban J connectivity index is 1.46. The van der Waals surface area contributed by atoms with Gasteiger partial charge in [0.1, 0.15) is 0 Å². The monoisotopic (exact) mass is 422 g/mol. The van der Waals surface area contributed by atoms with Gasteiger partial charge in [-0.05, 0) is 42.9 Å². The molecule has 26 heavy (non-hydrogen) atoms. The van der Waals surface area contributed by atoms with Crippen LogP contribution in [0.2, 0.25) is 0 Å². The molecule has 0 bridgehead atoms. The van der Waals surface area contributed by atoms with Crippen LogP contribution in [0, 0.1) is 5.92 Å². The highest BCUT2D eigenvalue weighted by atomic mass is 79.9. The van der Waals surface area contributed by atoms with E-state index in [0.717, 1.165) is 22.9 Å². The molecule has 2 aliphatic rings. The van der Waals surface area contributed by atoms with Crippen LogP contribution in [-0.4, -0.2) is 42.5 Å². The Hall–Kier alpha value is -2.09. The standard InChI is InChI=1S/C18H23BrN4O3/c19-14-7-5-13(6-8-14)16(12-3-1-4-12)22-17(25)20-9-2-10-23-15(24)11-21-18(23)26/h5-8,12,16H,1-4,9-11H2,(H,21,26)(H2,20,22,25). The van der Waals surface area contributed by atoms with Crippen molar-refractivity contribution in [2.24, 2.45) is 5.92 Å². The van der Waals surface area contributed by atoms with Gasteiger partial charge in [0.2, 0.25) is 5.91 Å². The lowest BCUT2D eigenvalue weighted by molar-refractivity contribution is -0.125. The van der Waals surface area contributed by atoms with Crippen molar-refractivity contribution >= 4 is 33.9 Å². The third-order valence-electron chi connectivity index (χ3n) is 4.92. The lowest BCUT2D eigenvalue weighted by Crippen LogP contribution is -2.43. The predicted molar refractivity (Wildman–Crippen MR) is 100 cm³/mol. The Bertz CT molecular complexity index is 660. The molecule has 1 aliphatic carbocycles. The molecule has 7 nitrogen and oxygen atoms in total. The molecule has 5 amide bonds. The fraction of sp³-hybridized carbons (Fsp3) is 0.500. The third-order valence-corrected chi connectivity index (χ3v) is 5.45. The maximum absolute atomic E-state index is 12.3. The SMILES string of the molecule is O=C(NCCCN1C(=O)CNC1=O)NC(c1ccc(Br)cc1)C1CCC1. The minimum atomic E-state index is -0.361. The molecular formula is C18H23BrN4O3. The molecule has 0 radical (unpaired) electrons. The second-order valence-corrected chi connectivity index (χ2v) is 7.59. The Morgan fingerprint density at radius 1 is 1.27 bits per heavy atom. The van der Waals surface area contributed by atoms with Gasteiger partial charge < -0.3 is 16.0 Å². The van der Waals surface area contributed by atoms with Gasteiger partial charge in [0.15, 0.2) is 0 Å². The quantitative estimate of drug-likeness (QED) is 0.465. The van der Waals surface area contributed by atoms with Crippen molar-refractivity contribution in [1.29, 1.82) is 0 Å². The summed E-state index contributed by atoms with van der Waals surface area (Å²) < 4.78 is 1.01. The summed E-state index contributed by atoms with van der Waals surface area (Å²) >= 11 is 3.44. The van der Waals surface area contributed by atoms with Gasteiger partial charge in [-0.3, -0.25) is 9.69 Å². The van der Waals surface area contributed by atoms with Gasteiger partial charge >= 0.3 is 12.1 Å². The summed E-state index contributed by atoms with van der Waals surface area (Å²) in [4.78, 5) is 36.4. The summed E-state index contributed by atoms with van der Waals surface area (Å²) in [6.07, 6.45) is 3.96. The largest absolute Gasteiger partial charge is 0.338 e. The molecule has 1 aromatic carbocycles. The molecule has 1 unspecified atom stereocenters. The van der Waals surface area contributed by atoms with E-state index in [9.17, 15) is 14.4 Å². The first-order valence-corrected chi connectivity index (χ1v) is 9.72. The van der Waals surface area contributed by atoms with Gasteiger partial charge in [0.05, 0.1) is 12.6 Å². The van der Waals surface area contributed by atoms with Crippen molar-refractivity contribution in [2.75, 3.05) is 19.6 Å². The number of nitrogens with zero attached hydrogens (tertiary/aromatic N) is 1. The van der Waals surface area contributed by atoms with Gasteiger partial charge in [-0.15, -0.1) is 0 Å². The topological polar surface area (TPSA) is 90.5 Å². The van der Waals surface area contributed by atoms with Crippen LogP contribution in [-0.2, 0) is 4.79 Å². The predicted octanol–water partition coefficient (Wildman–Crippen LogP) is 2.53. The van der Waals surface area contributed by atoms with Gasteiger partial charge in [-0.2, -0.15) is 0 Å². The van der Waals surface area contributed by atoms with Crippen molar-refractivity contribution in [3.05, 3.63) is 34.3 Å². The first-order valence-electron chi connectivity index (χ1n) is 8.92. The van der Waals surface area contributed by atoms with E-state index >= 15 is 0 Å². The number of benzene rings is 1. The maximum Gasteiger partial charge on any atom is 0.324 e. The van der Waals surface area contributed by atoms with Crippen molar-refractivity contribution in [3.63, 3.8) is 0 Å². The summed E-state index contributed by atoms with van der Waals surface area (Å²) in [7, 11) is 0. The number of hydrogen-bond acceptors (Lipinski definition) is 3. The zero-order valence-corrected chi connectivity index (χ0v) is 16.0. The number of nitrogens with one attached hydrogen (secondary N) is 3. The molecule has 2 fully saturated rings. The molecule has 0 spiro atoms. The smallest absolute Gasteiger partial charge is 0.324 e. The van der Waals surface area contributed by atoms with Crippen LogP contribution in [0.3, 0.4) is 0 Å². The maximum atomic E-state index is 12.3. The minimum Gasteiger partial charge on any atom is -0.338 e. The number of halogens is 1. The third kappa shape index (κ3) is 4.55. The summed E-state index contributed by atoms with van der Waals surface area (Å²) in [6, 6.07) is 7.46. The van der Waals surface area contributed by atoms with E-state index < -0.39 is 0 Å². The number of carbonyl (C=O) groups excluding carboxylic acids is 3. The second-order valence-electron chi connectivity index (χ2n) is 6.68. The normalized spacial score (nSPS) is 18.3. The Labute approximate surface area is 161 Å². The van der Waals surface area contributed by atoms with E-state index in [2.05, 4.69) is 31.9 Å². The van der Waals surface area contributed by atoms with Crippen LogP contribution in [0.1, 0.15) is 37.3 Å². The van der Waals surface area contributed by atoms with Crippen molar-refractivity contribution in [2.45, 2.75) is 31.7 Å². The van der Waals surface area contributed by atoms with E-state index in [0.29, 0.717) is 25.4 Å². The van der Waals surface area contributed by atoms with Crippen LogP contribution >= 0.6 is 15.9 Å². The van der Waals surface area contributed by atoms with Gasteiger partial charge in [0.25, 0.3) is 0 Å². The first-order chi connectivity index (χ1) is 12.5. The molecule has 3 N–H and O–H groups in total. The van der Waals surface area contributed by atoms with Crippen LogP contribution in [0.5, 0.6) is 0 Å². The zero-order valence-electron chi connectivity index (χ0n) is 14.5. The van der Waals surface area contributed by atoms with Crippen LogP contribution in [0.15, 0.2) is 28.7 Å². The molecule has 1 saturated heterocycles. The molecule has 140 valence electrons. The molecule has 0 aromatic heterocycles. The van der Waals surface area contributed by atoms with Crippen molar-refractivity contribution in [1.82, 2.24) is 20.9 Å². The summed E-state index contributed by atoms with van der Waals surface area (Å²) in [6.45, 7) is 0.771. The minimum absolute atomic E-state index is 0.00258. The molecular weight excluding hydrogens is 400 g/mol. The summed E-state index contributed by atoms with van der Waals surface area (Å²) in [5.74, 6) is 0.243. The fourth-order valence-corrected chi connectivity index (χ4v) is 3.49. The molecule has 1 aliphatic heterocycles. The lowest BCUT2D eigenvalue weighted by Gasteiger charge is -2.34. The first kappa shape index (κ1) is 18.7. The summed E-state index contributed by atoms with van der Waals surface area (Å²) in [5, 5.41) is 8.37. The Kier molecular flexibility index (Phi) is 6.13. The van der Waals surface area contributed by atoms with Crippen LogP contribution in [0.4, 0.5) is 9.59 Å². The van der Waals surface area contributed by atoms with Gasteiger partial charge in [-0.1, -0.05) is 34.5 Å². The molecule has 3 rings (SSSR count).